The number of ether oxygens (including phenoxy) is 4. The summed E-state index contributed by atoms with van der Waals surface area (Å²) in [6.45, 7) is 12.5. The van der Waals surface area contributed by atoms with E-state index >= 15 is 0 Å². The molecule has 0 radical (unpaired) electrons. The Balaban J connectivity index is 1.78. The average Bonchev–Trinajstić information content (AvgIpc) is 3.04. The molecule has 0 N–H and O–H groups in total. The van der Waals surface area contributed by atoms with Crippen LogP contribution in [0, 0.1) is 0 Å². The van der Waals surface area contributed by atoms with Gasteiger partial charge in [-0.05, 0) is 41.5 Å². The van der Waals surface area contributed by atoms with Crippen molar-refractivity contribution in [2.45, 2.75) is 103 Å². The lowest BCUT2D eigenvalue weighted by Gasteiger charge is -2.19. The van der Waals surface area contributed by atoms with Gasteiger partial charge in [-0.25, -0.2) is 0 Å². The summed E-state index contributed by atoms with van der Waals surface area (Å²) < 4.78 is 46.4. The van der Waals surface area contributed by atoms with Gasteiger partial charge in [0.05, 0.1) is 37.1 Å². The van der Waals surface area contributed by atoms with Crippen molar-refractivity contribution in [2.24, 2.45) is 0 Å². The van der Waals surface area contributed by atoms with Gasteiger partial charge in [0.1, 0.15) is 24.9 Å². The second-order valence-corrected chi connectivity index (χ2v) is 8.63. The Hall–Kier alpha value is -0.140. The van der Waals surface area contributed by atoms with Crippen molar-refractivity contribution in [3.63, 3.8) is 0 Å². The summed E-state index contributed by atoms with van der Waals surface area (Å²) in [7, 11) is -2.25. The van der Waals surface area contributed by atoms with Gasteiger partial charge in [-0.15, -0.1) is 9.05 Å². The molecule has 0 aromatic heterocycles. The molecule has 0 aromatic carbocycles. The molecule has 0 aliphatic carbocycles. The lowest BCUT2D eigenvalue weighted by molar-refractivity contribution is -0.0640. The fourth-order valence-electron chi connectivity index (χ4n) is 3.30. The molecule has 2 rings (SSSR count). The molecule has 26 heavy (non-hydrogen) atoms. The third-order valence-electron chi connectivity index (χ3n) is 4.38. The van der Waals surface area contributed by atoms with Crippen LogP contribution in [0.2, 0.25) is 0 Å². The summed E-state index contributed by atoms with van der Waals surface area (Å²) in [6, 6.07) is 0. The van der Waals surface area contributed by atoms with Crippen LogP contribution in [0.1, 0.15) is 54.4 Å². The second kappa shape index (κ2) is 10.4. The maximum absolute atomic E-state index is 12.3. The van der Waals surface area contributed by atoms with Gasteiger partial charge in [0.25, 0.3) is 0 Å². The maximum atomic E-state index is 12.3. The van der Waals surface area contributed by atoms with Crippen LogP contribution in [0.5, 0.6) is 0 Å². The monoisotopic (exact) mass is 393 g/mol. The second-order valence-electron chi connectivity index (χ2n) is 7.71. The summed E-state index contributed by atoms with van der Waals surface area (Å²) in [4.78, 5) is 0. The van der Waals surface area contributed by atoms with Crippen molar-refractivity contribution in [2.75, 3.05) is 13.2 Å². The van der Waals surface area contributed by atoms with Crippen LogP contribution in [-0.2, 0) is 32.6 Å². The Bertz CT molecular complexity index is 445. The fraction of sp³-hybridized carbons (Fsp3) is 1.00. The predicted molar refractivity (Wildman–Crippen MR) is 97.4 cm³/mol. The molecule has 2 heterocycles. The van der Waals surface area contributed by atoms with E-state index < -0.39 is 8.25 Å². The van der Waals surface area contributed by atoms with Crippen molar-refractivity contribution in [3.8, 4) is 0 Å². The van der Waals surface area contributed by atoms with Crippen LogP contribution < -0.4 is 0 Å². The highest BCUT2D eigenvalue weighted by Gasteiger charge is 2.43. The zero-order valence-corrected chi connectivity index (χ0v) is 17.6. The van der Waals surface area contributed by atoms with Crippen LogP contribution in [0.3, 0.4) is 0 Å². The molecule has 2 fully saturated rings. The standard InChI is InChI=1S/C18H34O7P/c1-11(2)20-9-17-16(8-14(6)23-17)25-26(19)21-10-18-15(22-12(3)4)7-13(5)24-18/h11-18H,7-10H2,1-6H3/q+1/t13-,14-,15+,16+,17+,18+/m0/s1. The van der Waals surface area contributed by atoms with Crippen molar-refractivity contribution in [1.29, 1.82) is 0 Å². The van der Waals surface area contributed by atoms with Crippen LogP contribution in [0.4, 0.5) is 0 Å². The van der Waals surface area contributed by atoms with E-state index in [1.807, 2.05) is 41.5 Å². The molecule has 1 unspecified atom stereocenters. The minimum absolute atomic E-state index is 0.0459. The molecule has 0 amide bonds. The lowest BCUT2D eigenvalue weighted by Crippen LogP contribution is -2.31. The molecular weight excluding hydrogens is 359 g/mol. The Labute approximate surface area is 157 Å². The molecule has 0 saturated carbocycles. The molecule has 2 saturated heterocycles. The average molecular weight is 393 g/mol. The van der Waals surface area contributed by atoms with E-state index in [0.717, 1.165) is 6.42 Å². The van der Waals surface area contributed by atoms with Gasteiger partial charge in [0.15, 0.2) is 0 Å². The largest absolute Gasteiger partial charge is 0.697 e. The van der Waals surface area contributed by atoms with Crippen LogP contribution >= 0.6 is 8.25 Å². The van der Waals surface area contributed by atoms with Crippen molar-refractivity contribution >= 4 is 8.25 Å². The van der Waals surface area contributed by atoms with Crippen molar-refractivity contribution in [3.05, 3.63) is 0 Å². The summed E-state index contributed by atoms with van der Waals surface area (Å²) in [5, 5.41) is 0. The molecule has 2 aliphatic rings. The van der Waals surface area contributed by atoms with Gasteiger partial charge in [0.2, 0.25) is 0 Å². The Kier molecular flexibility index (Phi) is 8.88. The highest BCUT2D eigenvalue weighted by Crippen LogP contribution is 2.35. The first-order valence-corrected chi connectivity index (χ1v) is 10.7. The maximum Gasteiger partial charge on any atom is 0.697 e. The summed E-state index contributed by atoms with van der Waals surface area (Å²) >= 11 is 0. The van der Waals surface area contributed by atoms with E-state index in [2.05, 4.69) is 0 Å². The first-order chi connectivity index (χ1) is 12.2. The Morgan fingerprint density at radius 2 is 1.50 bits per heavy atom. The van der Waals surface area contributed by atoms with Gasteiger partial charge in [-0.2, -0.15) is 0 Å². The lowest BCUT2D eigenvalue weighted by atomic mass is 10.1. The van der Waals surface area contributed by atoms with E-state index in [1.54, 1.807) is 0 Å². The molecule has 8 heteroatoms. The van der Waals surface area contributed by atoms with Gasteiger partial charge in [-0.3, -0.25) is 0 Å². The van der Waals surface area contributed by atoms with Crippen molar-refractivity contribution < 1.29 is 32.6 Å². The quantitative estimate of drug-likeness (QED) is 0.525. The molecule has 0 bridgehead atoms. The Morgan fingerprint density at radius 1 is 0.923 bits per heavy atom. The normalized spacial score (nSPS) is 35.6. The summed E-state index contributed by atoms with van der Waals surface area (Å²) in [6.07, 6.45) is 1.07. The first kappa shape index (κ1) is 22.2. The van der Waals surface area contributed by atoms with Gasteiger partial charge >= 0.3 is 8.25 Å². The van der Waals surface area contributed by atoms with Gasteiger partial charge in [0, 0.05) is 17.4 Å². The molecule has 152 valence electrons. The molecule has 0 spiro atoms. The highest BCUT2D eigenvalue weighted by molar-refractivity contribution is 7.33. The van der Waals surface area contributed by atoms with Crippen LogP contribution in [0.25, 0.3) is 0 Å². The number of rotatable bonds is 10. The molecular formula is C18H34O7P+. The fourth-order valence-corrected chi connectivity index (χ4v) is 4.07. The molecule has 2 aliphatic heterocycles. The SMILES string of the molecule is CC(C)OC[C@H]1O[C@@H](C)C[C@H]1O[P+](=O)OC[C@H]1O[C@@H](C)C[C@H]1OC(C)C. The van der Waals surface area contributed by atoms with E-state index in [9.17, 15) is 4.57 Å². The van der Waals surface area contributed by atoms with Crippen molar-refractivity contribution in [1.82, 2.24) is 0 Å². The minimum atomic E-state index is -2.25. The number of hydrogen-bond donors (Lipinski definition) is 0. The zero-order valence-electron chi connectivity index (χ0n) is 16.8. The van der Waals surface area contributed by atoms with Gasteiger partial charge in [-0.1, -0.05) is 0 Å². The minimum Gasteiger partial charge on any atom is -0.376 e. The van der Waals surface area contributed by atoms with Crippen LogP contribution in [0.15, 0.2) is 0 Å². The zero-order chi connectivity index (χ0) is 19.3. The first-order valence-electron chi connectivity index (χ1n) is 9.59. The molecule has 7 nitrogen and oxygen atoms in total. The third kappa shape index (κ3) is 7.12. The predicted octanol–water partition coefficient (Wildman–Crippen LogP) is 3.62. The van der Waals surface area contributed by atoms with E-state index in [0.29, 0.717) is 13.0 Å². The van der Waals surface area contributed by atoms with E-state index in [4.69, 9.17) is 28.0 Å². The van der Waals surface area contributed by atoms with Crippen LogP contribution in [-0.4, -0.2) is 62.0 Å². The molecule has 7 atom stereocenters. The molecule has 0 aromatic rings. The number of hydrogen-bond acceptors (Lipinski definition) is 7. The van der Waals surface area contributed by atoms with Gasteiger partial charge < -0.3 is 18.9 Å². The smallest absolute Gasteiger partial charge is 0.376 e. The topological polar surface area (TPSA) is 72.5 Å². The summed E-state index contributed by atoms with van der Waals surface area (Å²) in [5.41, 5.74) is 0. The summed E-state index contributed by atoms with van der Waals surface area (Å²) in [5.74, 6) is 0. The van der Waals surface area contributed by atoms with E-state index in [1.165, 1.54) is 0 Å². The Morgan fingerprint density at radius 3 is 2.08 bits per heavy atom. The van der Waals surface area contributed by atoms with E-state index in [-0.39, 0.29) is 55.4 Å². The highest BCUT2D eigenvalue weighted by atomic mass is 31.1. The third-order valence-corrected chi connectivity index (χ3v) is 5.18.